The molecule has 166 valence electrons. The van der Waals surface area contributed by atoms with Crippen LogP contribution >= 0.6 is 0 Å². The first-order valence-electron chi connectivity index (χ1n) is 9.80. The minimum atomic E-state index is -1.50. The van der Waals surface area contributed by atoms with Crippen LogP contribution in [0.4, 0.5) is 19.0 Å². The highest BCUT2D eigenvalue weighted by molar-refractivity contribution is 7.90. The van der Waals surface area contributed by atoms with Crippen molar-refractivity contribution in [3.8, 4) is 0 Å². The average molecular weight is 454 g/mol. The van der Waals surface area contributed by atoms with E-state index >= 15 is 4.39 Å². The molecular formula is C20H21F3N4O3S. The van der Waals surface area contributed by atoms with Crippen LogP contribution < -0.4 is 4.90 Å². The Morgan fingerprint density at radius 3 is 2.61 bits per heavy atom. The number of hydroxylamine groups is 2. The molecule has 0 aliphatic carbocycles. The first-order chi connectivity index (χ1) is 14.8. The van der Waals surface area contributed by atoms with Crippen LogP contribution in [0.2, 0.25) is 0 Å². The van der Waals surface area contributed by atoms with Crippen molar-refractivity contribution in [1.29, 1.82) is 0 Å². The minimum absolute atomic E-state index is 0.0731. The lowest BCUT2D eigenvalue weighted by Gasteiger charge is -2.36. The van der Waals surface area contributed by atoms with E-state index in [-0.39, 0.29) is 25.1 Å². The quantitative estimate of drug-likeness (QED) is 0.522. The van der Waals surface area contributed by atoms with Crippen LogP contribution in [0.1, 0.15) is 24.4 Å². The second-order valence-corrected chi connectivity index (χ2v) is 8.86. The van der Waals surface area contributed by atoms with E-state index in [0.717, 1.165) is 23.3 Å². The molecule has 0 bridgehead atoms. The van der Waals surface area contributed by atoms with E-state index in [4.69, 9.17) is 4.84 Å². The number of carbonyl (C=O) groups excluding carboxylic acids is 1. The van der Waals surface area contributed by atoms with Gasteiger partial charge in [0.25, 0.3) is 5.91 Å². The summed E-state index contributed by atoms with van der Waals surface area (Å²) < 4.78 is 53.9. The Morgan fingerprint density at radius 1 is 1.19 bits per heavy atom. The van der Waals surface area contributed by atoms with Gasteiger partial charge in [-0.05, 0) is 24.1 Å². The molecule has 2 fully saturated rings. The zero-order chi connectivity index (χ0) is 22.1. The largest absolute Gasteiger partial charge is 0.610 e. The molecule has 2 saturated heterocycles. The van der Waals surface area contributed by atoms with Crippen molar-refractivity contribution in [2.45, 2.75) is 30.1 Å². The number of hydrogen-bond acceptors (Lipinski definition) is 6. The molecule has 0 radical (unpaired) electrons. The summed E-state index contributed by atoms with van der Waals surface area (Å²) in [6.45, 7) is 0.481. The molecule has 4 atom stereocenters. The van der Waals surface area contributed by atoms with Crippen molar-refractivity contribution in [3.63, 3.8) is 0 Å². The van der Waals surface area contributed by atoms with Crippen molar-refractivity contribution in [2.75, 3.05) is 30.9 Å². The third-order valence-corrected chi connectivity index (χ3v) is 6.31. The summed E-state index contributed by atoms with van der Waals surface area (Å²) in [5.74, 6) is -2.54. The molecule has 0 spiro atoms. The van der Waals surface area contributed by atoms with Crippen LogP contribution in [0, 0.1) is 17.6 Å². The maximum absolute atomic E-state index is 15.0. The van der Waals surface area contributed by atoms with Gasteiger partial charge in [-0.25, -0.2) is 23.2 Å². The van der Waals surface area contributed by atoms with Gasteiger partial charge in [-0.1, -0.05) is 0 Å². The highest BCUT2D eigenvalue weighted by atomic mass is 32.2. The van der Waals surface area contributed by atoms with Crippen LogP contribution in [0.5, 0.6) is 0 Å². The fraction of sp³-hybridized carbons (Fsp3) is 0.450. The smallest absolute Gasteiger partial charge is 0.252 e. The van der Waals surface area contributed by atoms with Crippen molar-refractivity contribution < 1.29 is 27.4 Å². The number of anilines is 1. The summed E-state index contributed by atoms with van der Waals surface area (Å²) in [5, 5.41) is 1.40. The van der Waals surface area contributed by atoms with Gasteiger partial charge in [-0.15, -0.1) is 0 Å². The van der Waals surface area contributed by atoms with Gasteiger partial charge in [0.15, 0.2) is 0 Å². The number of hydrogen-bond donors (Lipinski definition) is 0. The Bertz CT molecular complexity index is 947. The Hall–Kier alpha value is -2.37. The standard InChI is InChI=1S/C20H21F3N4O3S/c1-31(29)19-9-18(24-11-25-19)26-4-2-15(16(23)10-26)20(28)27-17(3-5-30-27)12-6-13(21)8-14(22)7-12/h6-9,11,15-17H,2-5,10H2,1H3/t15-,16+,17-,31+/m0/s1. The van der Waals surface area contributed by atoms with E-state index in [1.165, 1.54) is 12.6 Å². The lowest BCUT2D eigenvalue weighted by Crippen LogP contribution is -2.49. The van der Waals surface area contributed by atoms with Crippen LogP contribution in [0.25, 0.3) is 0 Å². The van der Waals surface area contributed by atoms with Gasteiger partial charge in [0.1, 0.15) is 36.2 Å². The number of rotatable bonds is 4. The highest BCUT2D eigenvalue weighted by Crippen LogP contribution is 2.35. The first kappa shape index (κ1) is 21.8. The predicted molar refractivity (Wildman–Crippen MR) is 106 cm³/mol. The number of amides is 1. The van der Waals surface area contributed by atoms with Gasteiger partial charge in [-0.3, -0.25) is 9.63 Å². The van der Waals surface area contributed by atoms with E-state index in [1.54, 1.807) is 11.0 Å². The van der Waals surface area contributed by atoms with E-state index < -0.39 is 46.8 Å². The third kappa shape index (κ3) is 4.63. The molecule has 0 N–H and O–H groups in total. The number of nitrogens with zero attached hydrogens (tertiary/aromatic N) is 4. The van der Waals surface area contributed by atoms with Crippen molar-refractivity contribution in [3.05, 3.63) is 47.8 Å². The van der Waals surface area contributed by atoms with Crippen LogP contribution in [0.3, 0.4) is 0 Å². The molecule has 7 nitrogen and oxygen atoms in total. The molecule has 11 heteroatoms. The molecule has 1 aromatic heterocycles. The van der Waals surface area contributed by atoms with E-state index in [1.807, 2.05) is 0 Å². The van der Waals surface area contributed by atoms with E-state index in [0.29, 0.717) is 23.8 Å². The summed E-state index contributed by atoms with van der Waals surface area (Å²) in [6, 6.07) is 3.94. The Labute approximate surface area is 180 Å². The van der Waals surface area contributed by atoms with Crippen molar-refractivity contribution in [2.24, 2.45) is 5.92 Å². The molecule has 2 aromatic rings. The molecule has 1 aromatic carbocycles. The van der Waals surface area contributed by atoms with Gasteiger partial charge in [0, 0.05) is 30.2 Å². The van der Waals surface area contributed by atoms with Crippen LogP contribution in [-0.4, -0.2) is 57.6 Å². The first-order valence-corrected chi connectivity index (χ1v) is 11.4. The molecule has 2 aliphatic rings. The van der Waals surface area contributed by atoms with Gasteiger partial charge >= 0.3 is 0 Å². The molecule has 31 heavy (non-hydrogen) atoms. The maximum Gasteiger partial charge on any atom is 0.252 e. The Balaban J connectivity index is 1.47. The molecule has 4 rings (SSSR count). The Kier molecular flexibility index (Phi) is 6.35. The zero-order valence-electron chi connectivity index (χ0n) is 16.7. The minimum Gasteiger partial charge on any atom is -0.610 e. The number of alkyl halides is 1. The highest BCUT2D eigenvalue weighted by Gasteiger charge is 2.42. The Morgan fingerprint density at radius 2 is 1.94 bits per heavy atom. The molecule has 0 unspecified atom stereocenters. The third-order valence-electron chi connectivity index (χ3n) is 5.50. The fourth-order valence-electron chi connectivity index (χ4n) is 3.97. The van der Waals surface area contributed by atoms with Crippen LogP contribution in [-0.2, 0) is 20.8 Å². The van der Waals surface area contributed by atoms with Gasteiger partial charge in [0.2, 0.25) is 5.03 Å². The second kappa shape index (κ2) is 9.01. The predicted octanol–water partition coefficient (Wildman–Crippen LogP) is 2.56. The summed E-state index contributed by atoms with van der Waals surface area (Å²) in [4.78, 5) is 28.2. The van der Waals surface area contributed by atoms with Crippen molar-refractivity contribution >= 4 is 22.9 Å². The summed E-state index contributed by atoms with van der Waals surface area (Å²) in [5.41, 5.74) is 0.275. The van der Waals surface area contributed by atoms with Gasteiger partial charge in [-0.2, -0.15) is 4.98 Å². The second-order valence-electron chi connectivity index (χ2n) is 7.53. The average Bonchev–Trinajstić information content (AvgIpc) is 3.22. The van der Waals surface area contributed by atoms with E-state index in [9.17, 15) is 18.1 Å². The topological polar surface area (TPSA) is 81.6 Å². The number of piperidine rings is 1. The lowest BCUT2D eigenvalue weighted by molar-refractivity contribution is -0.184. The molecule has 0 saturated carbocycles. The van der Waals surface area contributed by atoms with Crippen LogP contribution in [0.15, 0.2) is 35.6 Å². The summed E-state index contributed by atoms with van der Waals surface area (Å²) in [6.07, 6.45) is 1.84. The monoisotopic (exact) mass is 454 g/mol. The fourth-order valence-corrected chi connectivity index (χ4v) is 4.44. The van der Waals surface area contributed by atoms with Gasteiger partial charge < -0.3 is 9.45 Å². The number of carbonyl (C=O) groups is 1. The SMILES string of the molecule is C[S@@+]([O-])c1cc(N2CC[C@H](C(=O)N3OCC[C@H]3c3cc(F)cc(F)c3)[C@H](F)C2)ncn1. The normalized spacial score (nSPS) is 25.0. The summed E-state index contributed by atoms with van der Waals surface area (Å²) >= 11 is -1.30. The lowest BCUT2D eigenvalue weighted by atomic mass is 9.93. The maximum atomic E-state index is 15.0. The molecule has 1 amide bonds. The summed E-state index contributed by atoms with van der Waals surface area (Å²) in [7, 11) is 0. The number of benzene rings is 1. The van der Waals surface area contributed by atoms with E-state index in [2.05, 4.69) is 9.97 Å². The van der Waals surface area contributed by atoms with Crippen molar-refractivity contribution in [1.82, 2.24) is 15.0 Å². The molecule has 2 aliphatic heterocycles. The zero-order valence-corrected chi connectivity index (χ0v) is 17.5. The number of halogens is 3. The number of aromatic nitrogens is 2. The van der Waals surface area contributed by atoms with Gasteiger partial charge in [0.05, 0.1) is 31.2 Å². The molecule has 3 heterocycles. The molecular weight excluding hydrogens is 433 g/mol.